The zero-order valence-electron chi connectivity index (χ0n) is 14.9. The van der Waals surface area contributed by atoms with Crippen molar-refractivity contribution in [2.75, 3.05) is 25.6 Å². The van der Waals surface area contributed by atoms with E-state index in [0.717, 1.165) is 0 Å². The predicted octanol–water partition coefficient (Wildman–Crippen LogP) is 3.97. The Morgan fingerprint density at radius 3 is 2.89 bits per heavy atom. The van der Waals surface area contributed by atoms with Crippen LogP contribution in [0.1, 0.15) is 22.8 Å². The van der Waals surface area contributed by atoms with Crippen LogP contribution in [-0.4, -0.2) is 32.0 Å². The summed E-state index contributed by atoms with van der Waals surface area (Å²) in [5, 5.41) is 3.08. The number of ketones is 1. The predicted molar refractivity (Wildman–Crippen MR) is 103 cm³/mol. The van der Waals surface area contributed by atoms with E-state index >= 15 is 0 Å². The molecule has 0 saturated heterocycles. The highest BCUT2D eigenvalue weighted by Crippen LogP contribution is 2.36. The quantitative estimate of drug-likeness (QED) is 0.599. The number of methoxy groups -OCH3 is 1. The van der Waals surface area contributed by atoms with Crippen LogP contribution in [0.4, 0.5) is 5.69 Å². The molecule has 140 valence electrons. The molecule has 27 heavy (non-hydrogen) atoms. The van der Waals surface area contributed by atoms with Crippen LogP contribution in [0.5, 0.6) is 17.2 Å². The van der Waals surface area contributed by atoms with Gasteiger partial charge in [0.15, 0.2) is 23.9 Å². The largest absolute Gasteiger partial charge is 0.491 e. The van der Waals surface area contributed by atoms with Gasteiger partial charge >= 0.3 is 0 Å². The number of ether oxygens (including phenoxy) is 3. The standard InChI is InChI=1S/C20H18ClNO5/c1-3-26-18-9-12(8-14(21)20(18)25-2)4-6-16(23)13-5-7-17-15(10-13)22-19(24)11-27-17/h4-10H,3,11H2,1-2H3,(H,22,24)/b6-4+. The third kappa shape index (κ3) is 4.23. The van der Waals surface area contributed by atoms with E-state index in [0.29, 0.717) is 45.7 Å². The summed E-state index contributed by atoms with van der Waals surface area (Å²) in [5.41, 5.74) is 1.62. The van der Waals surface area contributed by atoms with Crippen LogP contribution in [0.3, 0.4) is 0 Å². The number of carbonyl (C=O) groups is 2. The minimum Gasteiger partial charge on any atom is -0.491 e. The molecule has 7 heteroatoms. The number of rotatable bonds is 6. The van der Waals surface area contributed by atoms with Gasteiger partial charge in [-0.3, -0.25) is 9.59 Å². The van der Waals surface area contributed by atoms with Gasteiger partial charge in [0.2, 0.25) is 0 Å². The Labute approximate surface area is 161 Å². The Kier molecular flexibility index (Phi) is 5.66. The molecule has 0 spiro atoms. The second-order valence-electron chi connectivity index (χ2n) is 5.71. The van der Waals surface area contributed by atoms with Crippen LogP contribution in [0, 0.1) is 0 Å². The van der Waals surface area contributed by atoms with Crippen molar-refractivity contribution in [2.45, 2.75) is 6.92 Å². The van der Waals surface area contributed by atoms with Crippen molar-refractivity contribution in [1.29, 1.82) is 0 Å². The lowest BCUT2D eigenvalue weighted by Crippen LogP contribution is -2.25. The number of carbonyl (C=O) groups excluding carboxylic acids is 2. The third-order valence-electron chi connectivity index (χ3n) is 3.86. The third-order valence-corrected chi connectivity index (χ3v) is 4.14. The second kappa shape index (κ2) is 8.14. The first-order valence-electron chi connectivity index (χ1n) is 8.31. The van der Waals surface area contributed by atoms with Crippen molar-refractivity contribution in [3.05, 3.63) is 52.6 Å². The summed E-state index contributed by atoms with van der Waals surface area (Å²) in [5.74, 6) is 1.03. The maximum absolute atomic E-state index is 12.5. The Morgan fingerprint density at radius 2 is 2.15 bits per heavy atom. The van der Waals surface area contributed by atoms with Crippen LogP contribution in [0.15, 0.2) is 36.4 Å². The normalized spacial score (nSPS) is 12.9. The van der Waals surface area contributed by atoms with E-state index in [1.165, 1.54) is 13.2 Å². The fourth-order valence-electron chi connectivity index (χ4n) is 2.65. The number of fused-ring (bicyclic) bond motifs is 1. The molecule has 0 aromatic heterocycles. The number of benzene rings is 2. The van der Waals surface area contributed by atoms with Crippen LogP contribution < -0.4 is 19.5 Å². The molecule has 2 aromatic rings. The van der Waals surface area contributed by atoms with Crippen LogP contribution in [0.2, 0.25) is 5.02 Å². The van der Waals surface area contributed by atoms with Crippen molar-refractivity contribution in [3.8, 4) is 17.2 Å². The Morgan fingerprint density at radius 1 is 1.33 bits per heavy atom. The summed E-state index contributed by atoms with van der Waals surface area (Å²) >= 11 is 6.22. The van der Waals surface area contributed by atoms with Gasteiger partial charge in [-0.2, -0.15) is 0 Å². The molecule has 0 aliphatic carbocycles. The second-order valence-corrected chi connectivity index (χ2v) is 6.12. The Hall–Kier alpha value is -2.99. The van der Waals surface area contributed by atoms with Gasteiger partial charge < -0.3 is 19.5 Å². The van der Waals surface area contributed by atoms with E-state index in [1.807, 2.05) is 6.92 Å². The highest BCUT2D eigenvalue weighted by Gasteiger charge is 2.17. The summed E-state index contributed by atoms with van der Waals surface area (Å²) in [6.45, 7) is 2.29. The summed E-state index contributed by atoms with van der Waals surface area (Å²) in [6, 6.07) is 8.33. The number of nitrogens with one attached hydrogen (secondary N) is 1. The van der Waals surface area contributed by atoms with E-state index in [1.54, 1.807) is 36.4 Å². The first-order chi connectivity index (χ1) is 13.0. The minimum atomic E-state index is -0.251. The Bertz CT molecular complexity index is 923. The SMILES string of the molecule is CCOc1cc(/C=C/C(=O)c2ccc3c(c2)NC(=O)CO3)cc(Cl)c1OC. The first-order valence-corrected chi connectivity index (χ1v) is 8.69. The molecule has 1 N–H and O–H groups in total. The smallest absolute Gasteiger partial charge is 0.262 e. The molecule has 0 bridgehead atoms. The van der Waals surface area contributed by atoms with Gasteiger partial charge in [0, 0.05) is 5.56 Å². The molecule has 0 radical (unpaired) electrons. The average molecular weight is 388 g/mol. The zero-order valence-corrected chi connectivity index (χ0v) is 15.6. The number of halogens is 1. The molecule has 0 fully saturated rings. The van der Waals surface area contributed by atoms with Crippen LogP contribution >= 0.6 is 11.6 Å². The monoisotopic (exact) mass is 387 g/mol. The molecule has 0 saturated carbocycles. The molecule has 1 aliphatic heterocycles. The fourth-order valence-corrected chi connectivity index (χ4v) is 2.95. The number of allylic oxidation sites excluding steroid dienone is 1. The van der Waals surface area contributed by atoms with Crippen LogP contribution in [-0.2, 0) is 4.79 Å². The average Bonchev–Trinajstić information content (AvgIpc) is 2.65. The van der Waals surface area contributed by atoms with Crippen molar-refractivity contribution in [1.82, 2.24) is 0 Å². The van der Waals surface area contributed by atoms with Crippen molar-refractivity contribution in [3.63, 3.8) is 0 Å². The van der Waals surface area contributed by atoms with Gasteiger partial charge in [0.25, 0.3) is 5.91 Å². The minimum absolute atomic E-state index is 0.0272. The fraction of sp³-hybridized carbons (Fsp3) is 0.200. The lowest BCUT2D eigenvalue weighted by Gasteiger charge is -2.18. The van der Waals surface area contributed by atoms with Gasteiger partial charge in [0.1, 0.15) is 5.75 Å². The maximum atomic E-state index is 12.5. The lowest BCUT2D eigenvalue weighted by atomic mass is 10.1. The lowest BCUT2D eigenvalue weighted by molar-refractivity contribution is -0.118. The topological polar surface area (TPSA) is 73.9 Å². The molecule has 2 aromatic carbocycles. The molecule has 3 rings (SSSR count). The zero-order chi connectivity index (χ0) is 19.4. The molecule has 6 nitrogen and oxygen atoms in total. The number of anilines is 1. The van der Waals surface area contributed by atoms with Gasteiger partial charge in [-0.15, -0.1) is 0 Å². The van der Waals surface area contributed by atoms with Gasteiger partial charge in [0.05, 0.1) is 24.4 Å². The first kappa shape index (κ1) is 18.8. The molecular formula is C20H18ClNO5. The number of hydrogen-bond donors (Lipinski definition) is 1. The highest BCUT2D eigenvalue weighted by atomic mass is 35.5. The highest BCUT2D eigenvalue weighted by molar-refractivity contribution is 6.32. The van der Waals surface area contributed by atoms with Gasteiger partial charge in [-0.25, -0.2) is 0 Å². The van der Waals surface area contributed by atoms with Crippen molar-refractivity contribution >= 4 is 35.1 Å². The number of amides is 1. The number of hydrogen-bond acceptors (Lipinski definition) is 5. The summed E-state index contributed by atoms with van der Waals surface area (Å²) in [4.78, 5) is 23.9. The van der Waals surface area contributed by atoms with Crippen molar-refractivity contribution < 1.29 is 23.8 Å². The molecular weight excluding hydrogens is 370 g/mol. The van der Waals surface area contributed by atoms with Gasteiger partial charge in [-0.05, 0) is 48.9 Å². The van der Waals surface area contributed by atoms with E-state index < -0.39 is 0 Å². The van der Waals surface area contributed by atoms with E-state index in [4.69, 9.17) is 25.8 Å². The van der Waals surface area contributed by atoms with E-state index in [2.05, 4.69) is 5.32 Å². The molecule has 1 aliphatic rings. The molecule has 0 unspecified atom stereocenters. The summed E-state index contributed by atoms with van der Waals surface area (Å²) < 4.78 is 16.1. The molecule has 1 amide bonds. The van der Waals surface area contributed by atoms with Crippen LogP contribution in [0.25, 0.3) is 6.08 Å². The molecule has 1 heterocycles. The maximum Gasteiger partial charge on any atom is 0.262 e. The summed E-state index contributed by atoms with van der Waals surface area (Å²) in [7, 11) is 1.52. The van der Waals surface area contributed by atoms with Gasteiger partial charge in [-0.1, -0.05) is 17.7 Å². The van der Waals surface area contributed by atoms with E-state index in [-0.39, 0.29) is 18.3 Å². The molecule has 0 atom stereocenters. The van der Waals surface area contributed by atoms with Crippen molar-refractivity contribution in [2.24, 2.45) is 0 Å². The Balaban J connectivity index is 1.83. The van der Waals surface area contributed by atoms with E-state index in [9.17, 15) is 9.59 Å². The summed E-state index contributed by atoms with van der Waals surface area (Å²) in [6.07, 6.45) is 3.08.